The summed E-state index contributed by atoms with van der Waals surface area (Å²) in [6.45, 7) is 0.668. The minimum atomic E-state index is -0.515. The van der Waals surface area contributed by atoms with E-state index in [0.29, 0.717) is 35.3 Å². The molecule has 2 N–H and O–H groups in total. The average Bonchev–Trinajstić information content (AvgIpc) is 2.46. The Morgan fingerprint density at radius 2 is 1.65 bits per heavy atom. The molecule has 0 saturated heterocycles. The van der Waals surface area contributed by atoms with Crippen molar-refractivity contribution in [3.05, 3.63) is 59.1 Å². The van der Waals surface area contributed by atoms with Gasteiger partial charge in [-0.25, -0.2) is 0 Å². The van der Waals surface area contributed by atoms with Crippen molar-refractivity contribution in [2.75, 3.05) is 13.2 Å². The van der Waals surface area contributed by atoms with Crippen LogP contribution in [0.1, 0.15) is 10.4 Å². The summed E-state index contributed by atoms with van der Waals surface area (Å²) in [6.07, 6.45) is 0. The molecule has 20 heavy (non-hydrogen) atoms. The fraction of sp³-hybridized carbons (Fsp3) is 0.133. The molecule has 2 aromatic carbocycles. The molecule has 1 amide bonds. The lowest BCUT2D eigenvalue weighted by Gasteiger charge is -2.10. The molecule has 0 aliphatic rings. The Hall–Kier alpha value is -2.20. The van der Waals surface area contributed by atoms with E-state index in [1.807, 2.05) is 0 Å². The highest BCUT2D eigenvalue weighted by Crippen LogP contribution is 2.18. The molecule has 0 unspecified atom stereocenters. The minimum absolute atomic E-state index is 0.312. The molecule has 0 fully saturated rings. The highest BCUT2D eigenvalue weighted by atomic mass is 35.5. The Morgan fingerprint density at radius 3 is 2.35 bits per heavy atom. The van der Waals surface area contributed by atoms with Crippen molar-refractivity contribution in [1.82, 2.24) is 0 Å². The van der Waals surface area contributed by atoms with Crippen LogP contribution < -0.4 is 15.2 Å². The average molecular weight is 292 g/mol. The van der Waals surface area contributed by atoms with Crippen molar-refractivity contribution in [3.8, 4) is 11.5 Å². The summed E-state index contributed by atoms with van der Waals surface area (Å²) >= 11 is 5.78. The van der Waals surface area contributed by atoms with Crippen molar-refractivity contribution in [3.63, 3.8) is 0 Å². The molecule has 0 saturated carbocycles. The number of primary amides is 1. The molecule has 104 valence electrons. The van der Waals surface area contributed by atoms with Crippen LogP contribution in [0.15, 0.2) is 48.5 Å². The van der Waals surface area contributed by atoms with Gasteiger partial charge in [0, 0.05) is 5.02 Å². The van der Waals surface area contributed by atoms with Crippen LogP contribution in [0, 0.1) is 0 Å². The number of benzene rings is 2. The second kappa shape index (κ2) is 6.82. The third-order valence-electron chi connectivity index (χ3n) is 2.58. The predicted octanol–water partition coefficient (Wildman–Crippen LogP) is 2.90. The second-order valence-corrected chi connectivity index (χ2v) is 4.45. The maximum atomic E-state index is 11.2. The monoisotopic (exact) mass is 291 g/mol. The van der Waals surface area contributed by atoms with E-state index >= 15 is 0 Å². The van der Waals surface area contributed by atoms with Crippen LogP contribution in [0.5, 0.6) is 11.5 Å². The molecule has 0 aliphatic heterocycles. The standard InChI is InChI=1S/C15H14ClNO3/c16-11-5-7-12(8-6-11)19-9-10-20-14-4-2-1-3-13(14)15(17)18/h1-8H,9-10H2,(H2,17,18). The van der Waals surface area contributed by atoms with Gasteiger partial charge in [0.15, 0.2) is 0 Å². The fourth-order valence-electron chi connectivity index (χ4n) is 1.64. The van der Waals surface area contributed by atoms with E-state index in [9.17, 15) is 4.79 Å². The van der Waals surface area contributed by atoms with Gasteiger partial charge in [0.2, 0.25) is 0 Å². The maximum Gasteiger partial charge on any atom is 0.252 e. The number of rotatable bonds is 6. The van der Waals surface area contributed by atoms with Crippen molar-refractivity contribution in [1.29, 1.82) is 0 Å². The van der Waals surface area contributed by atoms with Crippen LogP contribution in [-0.4, -0.2) is 19.1 Å². The Bertz CT molecular complexity index is 584. The molecular weight excluding hydrogens is 278 g/mol. The fourth-order valence-corrected chi connectivity index (χ4v) is 1.76. The van der Waals surface area contributed by atoms with Gasteiger partial charge in [-0.3, -0.25) is 4.79 Å². The number of nitrogens with two attached hydrogens (primary N) is 1. The van der Waals surface area contributed by atoms with Gasteiger partial charge >= 0.3 is 0 Å². The van der Waals surface area contributed by atoms with E-state index in [0.717, 1.165) is 0 Å². The van der Waals surface area contributed by atoms with Gasteiger partial charge in [-0.2, -0.15) is 0 Å². The van der Waals surface area contributed by atoms with Gasteiger partial charge in [0.05, 0.1) is 5.56 Å². The largest absolute Gasteiger partial charge is 0.490 e. The number of amides is 1. The van der Waals surface area contributed by atoms with E-state index in [2.05, 4.69) is 0 Å². The zero-order valence-electron chi connectivity index (χ0n) is 10.7. The van der Waals surface area contributed by atoms with E-state index in [1.54, 1.807) is 48.5 Å². The number of ether oxygens (including phenoxy) is 2. The Balaban J connectivity index is 1.84. The number of halogens is 1. The van der Waals surface area contributed by atoms with Crippen molar-refractivity contribution in [2.45, 2.75) is 0 Å². The molecule has 2 rings (SSSR count). The zero-order chi connectivity index (χ0) is 14.4. The number of para-hydroxylation sites is 1. The lowest BCUT2D eigenvalue weighted by molar-refractivity contribution is 0.0995. The Kier molecular flexibility index (Phi) is 4.85. The lowest BCUT2D eigenvalue weighted by Crippen LogP contribution is -2.15. The first-order chi connectivity index (χ1) is 9.66. The SMILES string of the molecule is NC(=O)c1ccccc1OCCOc1ccc(Cl)cc1. The van der Waals surface area contributed by atoms with Crippen LogP contribution in [0.2, 0.25) is 5.02 Å². The number of hydrogen-bond acceptors (Lipinski definition) is 3. The third-order valence-corrected chi connectivity index (χ3v) is 2.83. The molecule has 0 aromatic heterocycles. The lowest BCUT2D eigenvalue weighted by atomic mass is 10.2. The van der Waals surface area contributed by atoms with Gasteiger partial charge in [0.1, 0.15) is 24.7 Å². The normalized spacial score (nSPS) is 10.1. The van der Waals surface area contributed by atoms with Gasteiger partial charge in [0.25, 0.3) is 5.91 Å². The zero-order valence-corrected chi connectivity index (χ0v) is 11.5. The first kappa shape index (κ1) is 14.2. The molecule has 0 heterocycles. The molecule has 0 atom stereocenters. The summed E-state index contributed by atoms with van der Waals surface area (Å²) in [5.41, 5.74) is 5.62. The molecule has 0 aliphatic carbocycles. The number of hydrogen-bond donors (Lipinski definition) is 1. The van der Waals surface area contributed by atoms with Gasteiger partial charge in [-0.05, 0) is 36.4 Å². The Labute approximate surface area is 122 Å². The maximum absolute atomic E-state index is 11.2. The highest BCUT2D eigenvalue weighted by Gasteiger charge is 2.07. The number of carbonyl (C=O) groups excluding carboxylic acids is 1. The third kappa shape index (κ3) is 3.90. The van der Waals surface area contributed by atoms with Gasteiger partial charge in [-0.1, -0.05) is 23.7 Å². The minimum Gasteiger partial charge on any atom is -0.490 e. The van der Waals surface area contributed by atoms with Gasteiger partial charge in [-0.15, -0.1) is 0 Å². The van der Waals surface area contributed by atoms with E-state index < -0.39 is 5.91 Å². The van der Waals surface area contributed by atoms with Gasteiger partial charge < -0.3 is 15.2 Å². The highest BCUT2D eigenvalue weighted by molar-refractivity contribution is 6.30. The van der Waals surface area contributed by atoms with Crippen LogP contribution in [-0.2, 0) is 0 Å². The summed E-state index contributed by atoms with van der Waals surface area (Å²) < 4.78 is 11.0. The smallest absolute Gasteiger partial charge is 0.252 e. The molecule has 0 radical (unpaired) electrons. The molecular formula is C15H14ClNO3. The van der Waals surface area contributed by atoms with Crippen LogP contribution in [0.4, 0.5) is 0 Å². The van der Waals surface area contributed by atoms with E-state index in [-0.39, 0.29) is 0 Å². The van der Waals surface area contributed by atoms with Crippen molar-refractivity contribution >= 4 is 17.5 Å². The van der Waals surface area contributed by atoms with Crippen LogP contribution in [0.3, 0.4) is 0 Å². The van der Waals surface area contributed by atoms with Crippen molar-refractivity contribution < 1.29 is 14.3 Å². The number of carbonyl (C=O) groups is 1. The summed E-state index contributed by atoms with van der Waals surface area (Å²) in [7, 11) is 0. The summed E-state index contributed by atoms with van der Waals surface area (Å²) in [5, 5.41) is 0.656. The first-order valence-electron chi connectivity index (χ1n) is 6.07. The molecule has 2 aromatic rings. The predicted molar refractivity (Wildman–Crippen MR) is 77.4 cm³/mol. The quantitative estimate of drug-likeness (QED) is 0.833. The van der Waals surface area contributed by atoms with Crippen LogP contribution >= 0.6 is 11.6 Å². The van der Waals surface area contributed by atoms with E-state index in [1.165, 1.54) is 0 Å². The molecule has 5 heteroatoms. The Morgan fingerprint density at radius 1 is 1.00 bits per heavy atom. The summed E-state index contributed by atoms with van der Waals surface area (Å²) in [6, 6.07) is 13.9. The first-order valence-corrected chi connectivity index (χ1v) is 6.44. The van der Waals surface area contributed by atoms with E-state index in [4.69, 9.17) is 26.8 Å². The summed E-state index contributed by atoms with van der Waals surface area (Å²) in [5.74, 6) is 0.653. The molecule has 0 spiro atoms. The topological polar surface area (TPSA) is 61.6 Å². The molecule has 0 bridgehead atoms. The second-order valence-electron chi connectivity index (χ2n) is 4.01. The van der Waals surface area contributed by atoms with Crippen LogP contribution in [0.25, 0.3) is 0 Å². The summed E-state index contributed by atoms with van der Waals surface area (Å²) in [4.78, 5) is 11.2. The van der Waals surface area contributed by atoms with Crippen molar-refractivity contribution in [2.24, 2.45) is 5.73 Å². The molecule has 4 nitrogen and oxygen atoms in total.